The van der Waals surface area contributed by atoms with Crippen LogP contribution in [0, 0.1) is 0 Å². The largest absolute Gasteiger partial charge is 0.494 e. The van der Waals surface area contributed by atoms with Crippen molar-refractivity contribution in [2.75, 3.05) is 25.2 Å². The summed E-state index contributed by atoms with van der Waals surface area (Å²) in [6, 6.07) is 8.10. The molecule has 124 valence electrons. The Hall–Kier alpha value is -1.46. The zero-order valence-electron chi connectivity index (χ0n) is 13.7. The molecule has 0 amide bonds. The molecule has 0 spiro atoms. The summed E-state index contributed by atoms with van der Waals surface area (Å²) in [4.78, 5) is 8.78. The molecule has 2 aromatic rings. The standard InChI is InChI=1S/C17H22ClN3OS/c1-4-5-10-22-13-8-6-12(7-9-13)11-14-15(18)20-17(23-3)21-16(14)19-2/h6-9H,4-5,10-11H2,1-3H3,(H,19,20,21). The van der Waals surface area contributed by atoms with Gasteiger partial charge in [-0.2, -0.15) is 0 Å². The van der Waals surface area contributed by atoms with Gasteiger partial charge in [0.2, 0.25) is 0 Å². The van der Waals surface area contributed by atoms with Gasteiger partial charge in [0.1, 0.15) is 16.7 Å². The van der Waals surface area contributed by atoms with Gasteiger partial charge in [-0.05, 0) is 30.4 Å². The number of nitrogens with zero attached hydrogens (tertiary/aromatic N) is 2. The van der Waals surface area contributed by atoms with Crippen LogP contribution >= 0.6 is 23.4 Å². The Bertz CT molecular complexity index is 634. The van der Waals surface area contributed by atoms with Gasteiger partial charge < -0.3 is 10.1 Å². The number of benzene rings is 1. The molecule has 0 aliphatic heterocycles. The van der Waals surface area contributed by atoms with E-state index in [9.17, 15) is 0 Å². The van der Waals surface area contributed by atoms with Crippen LogP contribution in [0.4, 0.5) is 5.82 Å². The number of unbranched alkanes of at least 4 members (excludes halogenated alkanes) is 1. The van der Waals surface area contributed by atoms with E-state index < -0.39 is 0 Å². The molecule has 1 N–H and O–H groups in total. The van der Waals surface area contributed by atoms with Crippen molar-refractivity contribution in [3.8, 4) is 5.75 Å². The highest BCUT2D eigenvalue weighted by atomic mass is 35.5. The second kappa shape index (κ2) is 8.99. The maximum Gasteiger partial charge on any atom is 0.190 e. The lowest BCUT2D eigenvalue weighted by Crippen LogP contribution is -2.04. The molecule has 23 heavy (non-hydrogen) atoms. The van der Waals surface area contributed by atoms with Crippen LogP contribution in [0.15, 0.2) is 29.4 Å². The molecular formula is C17H22ClN3OS. The van der Waals surface area contributed by atoms with E-state index in [0.717, 1.165) is 42.1 Å². The molecule has 1 heterocycles. The smallest absolute Gasteiger partial charge is 0.190 e. The summed E-state index contributed by atoms with van der Waals surface area (Å²) in [7, 11) is 1.84. The zero-order chi connectivity index (χ0) is 16.7. The number of aromatic nitrogens is 2. The highest BCUT2D eigenvalue weighted by Gasteiger charge is 2.12. The summed E-state index contributed by atoms with van der Waals surface area (Å²) in [5.41, 5.74) is 2.05. The van der Waals surface area contributed by atoms with Crippen LogP contribution in [0.3, 0.4) is 0 Å². The molecule has 6 heteroatoms. The topological polar surface area (TPSA) is 47.0 Å². The average molecular weight is 352 g/mol. The van der Waals surface area contributed by atoms with Gasteiger partial charge in [0.15, 0.2) is 5.16 Å². The van der Waals surface area contributed by atoms with Crippen molar-refractivity contribution in [3.63, 3.8) is 0 Å². The third-order valence-corrected chi connectivity index (χ3v) is 4.29. The van der Waals surface area contributed by atoms with Crippen LogP contribution < -0.4 is 10.1 Å². The third kappa shape index (κ3) is 5.01. The Morgan fingerprint density at radius 1 is 1.22 bits per heavy atom. The zero-order valence-corrected chi connectivity index (χ0v) is 15.3. The van der Waals surface area contributed by atoms with Crippen LogP contribution in [0.2, 0.25) is 5.15 Å². The lowest BCUT2D eigenvalue weighted by atomic mass is 10.1. The van der Waals surface area contributed by atoms with Crippen molar-refractivity contribution in [2.45, 2.75) is 31.3 Å². The van der Waals surface area contributed by atoms with Gasteiger partial charge in [-0.3, -0.25) is 0 Å². The first kappa shape index (κ1) is 17.9. The first-order chi connectivity index (χ1) is 11.2. The van der Waals surface area contributed by atoms with Gasteiger partial charge in [-0.25, -0.2) is 9.97 Å². The summed E-state index contributed by atoms with van der Waals surface area (Å²) in [6.45, 7) is 2.91. The van der Waals surface area contributed by atoms with Crippen LogP contribution in [0.25, 0.3) is 0 Å². The predicted molar refractivity (Wildman–Crippen MR) is 98.0 cm³/mol. The SMILES string of the molecule is CCCCOc1ccc(Cc2c(Cl)nc(SC)nc2NC)cc1. The van der Waals surface area contributed by atoms with Gasteiger partial charge in [0, 0.05) is 19.0 Å². The number of rotatable bonds is 8. The number of ether oxygens (including phenoxy) is 1. The Morgan fingerprint density at radius 3 is 2.57 bits per heavy atom. The molecule has 1 aromatic carbocycles. The quantitative estimate of drug-likeness (QED) is 0.324. The summed E-state index contributed by atoms with van der Waals surface area (Å²) < 4.78 is 5.68. The van der Waals surface area contributed by atoms with E-state index >= 15 is 0 Å². The molecule has 4 nitrogen and oxygen atoms in total. The Labute approximate surface area is 147 Å². The first-order valence-corrected chi connectivity index (χ1v) is 9.28. The van der Waals surface area contributed by atoms with Gasteiger partial charge >= 0.3 is 0 Å². The molecular weight excluding hydrogens is 330 g/mol. The van der Waals surface area contributed by atoms with Crippen molar-refractivity contribution < 1.29 is 4.74 Å². The van der Waals surface area contributed by atoms with Crippen LogP contribution in [-0.4, -0.2) is 29.9 Å². The van der Waals surface area contributed by atoms with E-state index in [4.69, 9.17) is 16.3 Å². The number of halogens is 1. The summed E-state index contributed by atoms with van der Waals surface area (Å²) in [5.74, 6) is 1.67. The fraction of sp³-hybridized carbons (Fsp3) is 0.412. The number of anilines is 1. The number of thioether (sulfide) groups is 1. The lowest BCUT2D eigenvalue weighted by Gasteiger charge is -2.12. The Morgan fingerprint density at radius 2 is 1.96 bits per heavy atom. The molecule has 0 saturated carbocycles. The molecule has 0 aliphatic carbocycles. The summed E-state index contributed by atoms with van der Waals surface area (Å²) in [6.07, 6.45) is 4.82. The lowest BCUT2D eigenvalue weighted by molar-refractivity contribution is 0.309. The predicted octanol–water partition coefficient (Wildman–Crippen LogP) is 4.66. The number of hydrogen-bond acceptors (Lipinski definition) is 5. The molecule has 0 atom stereocenters. The highest BCUT2D eigenvalue weighted by molar-refractivity contribution is 7.98. The minimum atomic E-state index is 0.497. The average Bonchev–Trinajstić information content (AvgIpc) is 2.58. The highest BCUT2D eigenvalue weighted by Crippen LogP contribution is 2.27. The molecule has 0 bridgehead atoms. The molecule has 0 radical (unpaired) electrons. The van der Waals surface area contributed by atoms with E-state index in [1.165, 1.54) is 11.8 Å². The van der Waals surface area contributed by atoms with Crippen molar-refractivity contribution in [1.29, 1.82) is 0 Å². The van der Waals surface area contributed by atoms with Crippen molar-refractivity contribution in [1.82, 2.24) is 9.97 Å². The van der Waals surface area contributed by atoms with Crippen molar-refractivity contribution in [2.24, 2.45) is 0 Å². The van der Waals surface area contributed by atoms with Gasteiger partial charge in [-0.15, -0.1) is 0 Å². The molecule has 0 unspecified atom stereocenters. The number of nitrogens with one attached hydrogen (secondary N) is 1. The third-order valence-electron chi connectivity index (χ3n) is 3.43. The minimum absolute atomic E-state index is 0.497. The fourth-order valence-corrected chi connectivity index (χ4v) is 2.79. The van der Waals surface area contributed by atoms with Gasteiger partial charge in [0.05, 0.1) is 6.61 Å². The maximum atomic E-state index is 6.33. The second-order valence-corrected chi connectivity index (χ2v) is 6.23. The number of hydrogen-bond donors (Lipinski definition) is 1. The molecule has 0 aliphatic rings. The Kier molecular flexibility index (Phi) is 6.99. The summed E-state index contributed by atoms with van der Waals surface area (Å²) in [5, 5.41) is 4.27. The monoisotopic (exact) mass is 351 g/mol. The van der Waals surface area contributed by atoms with Crippen LogP contribution in [-0.2, 0) is 6.42 Å². The van der Waals surface area contributed by atoms with Crippen LogP contribution in [0.5, 0.6) is 5.75 Å². The normalized spacial score (nSPS) is 10.6. The van der Waals surface area contributed by atoms with E-state index in [1.807, 2.05) is 25.4 Å². The Balaban J connectivity index is 2.12. The molecule has 0 saturated heterocycles. The minimum Gasteiger partial charge on any atom is -0.494 e. The van der Waals surface area contributed by atoms with Gasteiger partial charge in [0.25, 0.3) is 0 Å². The summed E-state index contributed by atoms with van der Waals surface area (Å²) >= 11 is 7.80. The van der Waals surface area contributed by atoms with E-state index in [0.29, 0.717) is 16.7 Å². The van der Waals surface area contributed by atoms with Crippen LogP contribution in [0.1, 0.15) is 30.9 Å². The molecule has 1 aromatic heterocycles. The van der Waals surface area contributed by atoms with Crippen molar-refractivity contribution >= 4 is 29.2 Å². The molecule has 2 rings (SSSR count). The molecule has 0 fully saturated rings. The first-order valence-electron chi connectivity index (χ1n) is 7.67. The second-order valence-electron chi connectivity index (χ2n) is 5.10. The van der Waals surface area contributed by atoms with E-state index in [1.54, 1.807) is 0 Å². The fourth-order valence-electron chi connectivity index (χ4n) is 2.13. The maximum absolute atomic E-state index is 6.33. The van der Waals surface area contributed by atoms with E-state index in [-0.39, 0.29) is 0 Å². The van der Waals surface area contributed by atoms with Crippen molar-refractivity contribution in [3.05, 3.63) is 40.5 Å². The van der Waals surface area contributed by atoms with Gasteiger partial charge in [-0.1, -0.05) is 48.8 Å². The van der Waals surface area contributed by atoms with E-state index in [2.05, 4.69) is 34.3 Å².